The van der Waals surface area contributed by atoms with Crippen LogP contribution in [-0.4, -0.2) is 57.1 Å². The number of rotatable bonds is 8. The molecule has 2 fully saturated rings. The van der Waals surface area contributed by atoms with Crippen LogP contribution in [0.2, 0.25) is 0 Å². The van der Waals surface area contributed by atoms with Crippen molar-refractivity contribution in [2.45, 2.75) is 69.3 Å². The van der Waals surface area contributed by atoms with Gasteiger partial charge in [0.15, 0.2) is 11.3 Å². The lowest BCUT2D eigenvalue weighted by Crippen LogP contribution is -2.39. The molecule has 6 rings (SSSR count). The van der Waals surface area contributed by atoms with Gasteiger partial charge < -0.3 is 14.8 Å². The number of aliphatic hydroxyl groups excluding tert-OH is 1. The number of aliphatic hydroxyl groups is 1. The molecule has 2 aromatic carbocycles. The molecule has 43 heavy (non-hydrogen) atoms. The summed E-state index contributed by atoms with van der Waals surface area (Å²) in [7, 11) is -3.91. The molecular formula is C31H36FN5O5S. The number of benzene rings is 2. The highest BCUT2D eigenvalue weighted by Crippen LogP contribution is 2.37. The van der Waals surface area contributed by atoms with Crippen LogP contribution in [0.15, 0.2) is 52.2 Å². The summed E-state index contributed by atoms with van der Waals surface area (Å²) in [6.45, 7) is 4.43. The molecule has 2 N–H and O–H groups in total. The second kappa shape index (κ2) is 11.8. The van der Waals surface area contributed by atoms with Gasteiger partial charge >= 0.3 is 0 Å². The van der Waals surface area contributed by atoms with E-state index in [2.05, 4.69) is 4.98 Å². The lowest BCUT2D eigenvalue weighted by Gasteiger charge is -2.33. The number of aromatic amines is 1. The van der Waals surface area contributed by atoms with E-state index in [9.17, 15) is 22.7 Å². The van der Waals surface area contributed by atoms with Crippen LogP contribution in [0.4, 0.5) is 4.39 Å². The molecule has 0 radical (unpaired) electrons. The summed E-state index contributed by atoms with van der Waals surface area (Å²) in [5.41, 5.74) is 1.63. The Kier molecular flexibility index (Phi) is 8.10. The van der Waals surface area contributed by atoms with E-state index >= 15 is 0 Å². The van der Waals surface area contributed by atoms with Crippen LogP contribution in [0.5, 0.6) is 5.75 Å². The molecule has 228 valence electrons. The smallest absolute Gasteiger partial charge is 0.277 e. The van der Waals surface area contributed by atoms with Gasteiger partial charge in [0, 0.05) is 19.0 Å². The van der Waals surface area contributed by atoms with E-state index in [1.165, 1.54) is 28.6 Å². The number of sulfonamides is 1. The number of hydrogen-bond acceptors (Lipinski definition) is 7. The van der Waals surface area contributed by atoms with Gasteiger partial charge in [-0.25, -0.2) is 22.3 Å². The van der Waals surface area contributed by atoms with Gasteiger partial charge in [0.1, 0.15) is 17.4 Å². The first-order valence-electron chi connectivity index (χ1n) is 14.9. The number of hydrogen-bond donors (Lipinski definition) is 2. The number of halogens is 1. The zero-order valence-electron chi connectivity index (χ0n) is 24.3. The highest BCUT2D eigenvalue weighted by molar-refractivity contribution is 7.89. The second-order valence-electron chi connectivity index (χ2n) is 11.4. The number of ether oxygens (including phenoxy) is 1. The number of aryl methyl sites for hydroxylation is 1. The van der Waals surface area contributed by atoms with E-state index in [4.69, 9.17) is 14.8 Å². The minimum atomic E-state index is -3.91. The number of aromatic nitrogens is 4. The Hall–Kier alpha value is -3.61. The molecule has 1 aliphatic carbocycles. The van der Waals surface area contributed by atoms with Gasteiger partial charge in [-0.1, -0.05) is 25.0 Å². The van der Waals surface area contributed by atoms with Crippen molar-refractivity contribution >= 4 is 15.5 Å². The Labute approximate surface area is 249 Å². The molecule has 3 heterocycles. The van der Waals surface area contributed by atoms with Gasteiger partial charge in [0.2, 0.25) is 10.0 Å². The van der Waals surface area contributed by atoms with Crippen LogP contribution in [0.25, 0.3) is 16.9 Å². The Morgan fingerprint density at radius 1 is 1.09 bits per heavy atom. The average molecular weight is 610 g/mol. The van der Waals surface area contributed by atoms with Gasteiger partial charge in [-0.05, 0) is 81.3 Å². The molecular weight excluding hydrogens is 573 g/mol. The Morgan fingerprint density at radius 3 is 2.47 bits per heavy atom. The van der Waals surface area contributed by atoms with Gasteiger partial charge in [0.25, 0.3) is 5.56 Å². The van der Waals surface area contributed by atoms with Crippen molar-refractivity contribution in [3.8, 4) is 17.1 Å². The number of nitrogens with zero attached hydrogens (tertiary/aromatic N) is 4. The Bertz CT molecular complexity index is 1790. The largest absolute Gasteiger partial charge is 0.493 e. The van der Waals surface area contributed by atoms with Gasteiger partial charge in [-0.2, -0.15) is 4.31 Å². The fourth-order valence-electron chi connectivity index (χ4n) is 6.41. The number of imidazole rings is 1. The van der Waals surface area contributed by atoms with E-state index in [0.717, 1.165) is 31.5 Å². The van der Waals surface area contributed by atoms with Crippen molar-refractivity contribution in [2.75, 3.05) is 19.7 Å². The van der Waals surface area contributed by atoms with Gasteiger partial charge in [-0.3, -0.25) is 4.79 Å². The zero-order chi connectivity index (χ0) is 30.3. The molecule has 12 heteroatoms. The SMILES string of the molecule is CCOc1ccc(S(=O)(=O)N2CCC(C(O)c3ccc(F)cc3)CC2)cc1-c1nn2c(C3CCCC3)nc(C)c2c(=O)[nH]1. The summed E-state index contributed by atoms with van der Waals surface area (Å²) >= 11 is 0. The Morgan fingerprint density at radius 2 is 1.79 bits per heavy atom. The van der Waals surface area contributed by atoms with E-state index in [-0.39, 0.29) is 47.0 Å². The fraction of sp³-hybridized carbons (Fsp3) is 0.452. The van der Waals surface area contributed by atoms with Crippen LogP contribution in [0.3, 0.4) is 0 Å². The summed E-state index contributed by atoms with van der Waals surface area (Å²) in [6.07, 6.45) is 4.28. The van der Waals surface area contributed by atoms with Crippen molar-refractivity contribution in [2.24, 2.45) is 5.92 Å². The van der Waals surface area contributed by atoms with Gasteiger partial charge in [-0.15, -0.1) is 5.10 Å². The molecule has 1 unspecified atom stereocenters. The lowest BCUT2D eigenvalue weighted by atomic mass is 9.88. The molecule has 2 aliphatic rings. The molecule has 1 atom stereocenters. The maximum absolute atomic E-state index is 13.8. The predicted molar refractivity (Wildman–Crippen MR) is 159 cm³/mol. The predicted octanol–water partition coefficient (Wildman–Crippen LogP) is 4.72. The first-order chi connectivity index (χ1) is 20.7. The molecule has 1 saturated carbocycles. The third-order valence-electron chi connectivity index (χ3n) is 8.72. The highest BCUT2D eigenvalue weighted by Gasteiger charge is 2.33. The standard InChI is InChI=1S/C31H36FN5O5S/c1-3-42-26-13-12-24(43(40,41)36-16-14-21(15-17-36)28(38)20-8-10-23(32)11-9-20)18-25(26)29-34-31(39)27-19(2)33-30(37(27)35-29)22-6-4-5-7-22/h8-13,18,21-22,28,38H,3-7,14-17H2,1-2H3,(H,34,35,39). The molecule has 1 aliphatic heterocycles. The van der Waals surface area contributed by atoms with E-state index in [0.29, 0.717) is 47.5 Å². The number of nitrogens with one attached hydrogen (secondary N) is 1. The summed E-state index contributed by atoms with van der Waals surface area (Å²) in [6, 6.07) is 10.3. The average Bonchev–Trinajstić information content (AvgIpc) is 3.66. The van der Waals surface area contributed by atoms with Crippen LogP contribution < -0.4 is 10.3 Å². The van der Waals surface area contributed by atoms with Crippen molar-refractivity contribution in [3.05, 3.63) is 75.7 Å². The van der Waals surface area contributed by atoms with E-state index in [1.54, 1.807) is 29.6 Å². The molecule has 4 aromatic rings. The fourth-order valence-corrected chi connectivity index (χ4v) is 7.91. The zero-order valence-corrected chi connectivity index (χ0v) is 25.1. The van der Waals surface area contributed by atoms with Crippen LogP contribution in [0, 0.1) is 18.7 Å². The summed E-state index contributed by atoms with van der Waals surface area (Å²) < 4.78 is 49.8. The van der Waals surface area contributed by atoms with Crippen molar-refractivity contribution in [1.29, 1.82) is 0 Å². The van der Waals surface area contributed by atoms with Crippen LogP contribution >= 0.6 is 0 Å². The summed E-state index contributed by atoms with van der Waals surface area (Å²) in [5.74, 6) is 1.05. The first-order valence-corrected chi connectivity index (χ1v) is 16.3. The third-order valence-corrected chi connectivity index (χ3v) is 10.6. The quantitative estimate of drug-likeness (QED) is 0.296. The maximum atomic E-state index is 13.8. The van der Waals surface area contributed by atoms with Crippen molar-refractivity contribution in [1.82, 2.24) is 23.9 Å². The van der Waals surface area contributed by atoms with Gasteiger partial charge in [0.05, 0.1) is 28.9 Å². The molecule has 2 aromatic heterocycles. The number of piperidine rings is 1. The first kappa shape index (κ1) is 29.5. The monoisotopic (exact) mass is 609 g/mol. The molecule has 0 spiro atoms. The minimum absolute atomic E-state index is 0.0593. The molecule has 0 bridgehead atoms. The van der Waals surface area contributed by atoms with Crippen molar-refractivity contribution in [3.63, 3.8) is 0 Å². The third kappa shape index (κ3) is 5.59. The minimum Gasteiger partial charge on any atom is -0.493 e. The maximum Gasteiger partial charge on any atom is 0.277 e. The van der Waals surface area contributed by atoms with E-state index < -0.39 is 16.1 Å². The number of fused-ring (bicyclic) bond motifs is 1. The lowest BCUT2D eigenvalue weighted by molar-refractivity contribution is 0.0760. The highest BCUT2D eigenvalue weighted by atomic mass is 32.2. The topological polar surface area (TPSA) is 130 Å². The van der Waals surface area contributed by atoms with Crippen LogP contribution in [0.1, 0.15) is 74.6 Å². The normalized spacial score (nSPS) is 18.0. The summed E-state index contributed by atoms with van der Waals surface area (Å²) in [5, 5.41) is 15.6. The van der Waals surface area contributed by atoms with Crippen LogP contribution in [-0.2, 0) is 10.0 Å². The van der Waals surface area contributed by atoms with E-state index in [1.807, 2.05) is 6.92 Å². The summed E-state index contributed by atoms with van der Waals surface area (Å²) in [4.78, 5) is 20.9. The Balaban J connectivity index is 1.31. The molecule has 10 nitrogen and oxygen atoms in total. The second-order valence-corrected chi connectivity index (χ2v) is 13.4. The molecule has 0 amide bonds. The molecule has 1 saturated heterocycles. The van der Waals surface area contributed by atoms with Crippen molar-refractivity contribution < 1.29 is 22.7 Å². The number of H-pyrrole nitrogens is 1.